The molecule has 0 spiro atoms. The molecule has 0 bridgehead atoms. The summed E-state index contributed by atoms with van der Waals surface area (Å²) >= 11 is 0.176. The summed E-state index contributed by atoms with van der Waals surface area (Å²) in [6, 6.07) is 77.7. The molecule has 0 N–H and O–H groups in total. The van der Waals surface area contributed by atoms with E-state index in [0.717, 1.165) is 62.2 Å². The monoisotopic (exact) mass is 885 g/mol. The third kappa shape index (κ3) is 5.83. The number of hydrogen-bond donors (Lipinski definition) is 0. The molecule has 1 aliphatic heterocycles. The summed E-state index contributed by atoms with van der Waals surface area (Å²) in [5.41, 5.74) is 16.9. The van der Waals surface area contributed by atoms with Crippen molar-refractivity contribution in [2.24, 2.45) is 15.4 Å². The Morgan fingerprint density at radius 3 is 1.69 bits per heavy atom. The average Bonchev–Trinajstić information content (AvgIpc) is 3.94. The number of hydrogen-bond acceptors (Lipinski definition) is 3. The van der Waals surface area contributed by atoms with E-state index in [9.17, 15) is 0 Å². The molecule has 0 saturated heterocycles. The molecule has 2 atom stereocenters. The summed E-state index contributed by atoms with van der Waals surface area (Å²) in [4.78, 5) is 0. The zero-order valence-electron chi connectivity index (χ0n) is 35.7. The van der Waals surface area contributed by atoms with E-state index < -0.39 is 11.0 Å². The Morgan fingerprint density at radius 1 is 0.422 bits per heavy atom. The van der Waals surface area contributed by atoms with Crippen LogP contribution in [0.5, 0.6) is 0 Å². The number of nitrogens with zero attached hydrogens (tertiary/aromatic N) is 3. The van der Waals surface area contributed by atoms with Crippen LogP contribution in [0.25, 0.3) is 74.9 Å². The minimum absolute atomic E-state index is 0.176. The molecular weight excluding hydrogens is 842 g/mol. The third-order valence-corrected chi connectivity index (χ3v) is 16.4. The Kier molecular flexibility index (Phi) is 9.16. The summed E-state index contributed by atoms with van der Waals surface area (Å²) in [7, 11) is 0. The SMILES string of the molecule is CC1(c2cccc3c2Cc2ccccc2-3)N=NN=C(c2c(-c3ccccc3)ccc(-c3ccccc3)c2-c2cccc3[se]c4ccccc4c23)C1(C)c1ccccc1-c1ccccc1. The second-order valence-corrected chi connectivity index (χ2v) is 19.6. The number of benzene rings is 9. The molecule has 4 heteroatoms. The van der Waals surface area contributed by atoms with Gasteiger partial charge < -0.3 is 0 Å². The maximum absolute atomic E-state index is 5.44. The van der Waals surface area contributed by atoms with E-state index in [1.54, 1.807) is 0 Å². The molecule has 1 aromatic heterocycles. The molecule has 3 nitrogen and oxygen atoms in total. The van der Waals surface area contributed by atoms with E-state index in [1.165, 1.54) is 52.7 Å². The van der Waals surface area contributed by atoms with Gasteiger partial charge in [-0.2, -0.15) is 0 Å². The molecule has 0 amide bonds. The van der Waals surface area contributed by atoms with E-state index >= 15 is 0 Å². The summed E-state index contributed by atoms with van der Waals surface area (Å²) in [5, 5.41) is 18.5. The Balaban J connectivity index is 1.24. The zero-order valence-corrected chi connectivity index (χ0v) is 37.4. The van der Waals surface area contributed by atoms with E-state index in [1.807, 2.05) is 0 Å². The van der Waals surface area contributed by atoms with Gasteiger partial charge >= 0.3 is 352 Å². The van der Waals surface area contributed by atoms with Crippen LogP contribution in [-0.4, -0.2) is 20.2 Å². The van der Waals surface area contributed by atoms with E-state index in [4.69, 9.17) is 15.4 Å². The van der Waals surface area contributed by atoms with Crippen LogP contribution in [-0.2, 0) is 17.4 Å². The Labute approximate surface area is 379 Å². The predicted molar refractivity (Wildman–Crippen MR) is 267 cm³/mol. The summed E-state index contributed by atoms with van der Waals surface area (Å²) in [5.74, 6) is 0. The Bertz CT molecular complexity index is 3500. The molecule has 2 aliphatic rings. The van der Waals surface area contributed by atoms with Crippen LogP contribution < -0.4 is 0 Å². The Morgan fingerprint density at radius 2 is 0.953 bits per heavy atom. The van der Waals surface area contributed by atoms with Crippen molar-refractivity contribution in [3.63, 3.8) is 0 Å². The van der Waals surface area contributed by atoms with E-state index in [2.05, 4.69) is 226 Å². The van der Waals surface area contributed by atoms with Crippen LogP contribution in [0.2, 0.25) is 0 Å². The molecular formula is C60H43N3Se. The molecule has 0 saturated carbocycles. The second kappa shape index (κ2) is 15.2. The molecule has 2 heterocycles. The number of fused-ring (bicyclic) bond motifs is 6. The molecule has 2 unspecified atom stereocenters. The third-order valence-electron chi connectivity index (χ3n) is 14.0. The van der Waals surface area contributed by atoms with Crippen LogP contribution in [0.3, 0.4) is 0 Å². The Hall–Kier alpha value is -7.23. The van der Waals surface area contributed by atoms with Gasteiger partial charge in [0.15, 0.2) is 0 Å². The van der Waals surface area contributed by atoms with Crippen molar-refractivity contribution in [3.8, 4) is 55.6 Å². The quantitative estimate of drug-likeness (QED) is 0.143. The van der Waals surface area contributed by atoms with Crippen LogP contribution >= 0.6 is 0 Å². The molecule has 10 aromatic rings. The molecule has 304 valence electrons. The van der Waals surface area contributed by atoms with Crippen molar-refractivity contribution in [2.75, 3.05) is 0 Å². The molecule has 1 aliphatic carbocycles. The van der Waals surface area contributed by atoms with E-state index in [-0.39, 0.29) is 14.5 Å². The van der Waals surface area contributed by atoms with Crippen molar-refractivity contribution in [2.45, 2.75) is 31.2 Å². The number of rotatable bonds is 7. The van der Waals surface area contributed by atoms with Crippen LogP contribution in [0.15, 0.2) is 228 Å². The van der Waals surface area contributed by atoms with Crippen molar-refractivity contribution >= 4 is 39.5 Å². The average molecular weight is 885 g/mol. The van der Waals surface area contributed by atoms with Gasteiger partial charge in [0.05, 0.1) is 0 Å². The first-order valence-electron chi connectivity index (χ1n) is 22.1. The van der Waals surface area contributed by atoms with Crippen LogP contribution in [0.1, 0.15) is 41.7 Å². The summed E-state index contributed by atoms with van der Waals surface area (Å²) < 4.78 is 2.81. The van der Waals surface area contributed by atoms with Crippen LogP contribution in [0, 0.1) is 0 Å². The summed E-state index contributed by atoms with van der Waals surface area (Å²) in [6.45, 7) is 4.71. The fourth-order valence-corrected chi connectivity index (χ4v) is 13.2. The topological polar surface area (TPSA) is 37.1 Å². The fraction of sp³-hybridized carbons (Fsp3) is 0.0833. The molecule has 12 rings (SSSR count). The van der Waals surface area contributed by atoms with Crippen molar-refractivity contribution in [1.29, 1.82) is 0 Å². The summed E-state index contributed by atoms with van der Waals surface area (Å²) in [6.07, 6.45) is 0.830. The van der Waals surface area contributed by atoms with Gasteiger partial charge in [0.1, 0.15) is 0 Å². The van der Waals surface area contributed by atoms with Gasteiger partial charge in [-0.1, -0.05) is 30.3 Å². The van der Waals surface area contributed by atoms with Gasteiger partial charge in [-0.25, -0.2) is 0 Å². The minimum atomic E-state index is -0.912. The zero-order chi connectivity index (χ0) is 42.8. The van der Waals surface area contributed by atoms with Gasteiger partial charge in [0.25, 0.3) is 0 Å². The second-order valence-electron chi connectivity index (χ2n) is 17.3. The molecule has 0 fully saturated rings. The first-order chi connectivity index (χ1) is 31.5. The van der Waals surface area contributed by atoms with Gasteiger partial charge in [-0.05, 0) is 0 Å². The predicted octanol–water partition coefficient (Wildman–Crippen LogP) is 15.3. The first kappa shape index (κ1) is 38.4. The van der Waals surface area contributed by atoms with Crippen molar-refractivity contribution in [3.05, 3.63) is 240 Å². The standard InChI is InChI=1S/C60H43N3Se/c1-59(51-32-16-14-28-44(51)39-20-6-3-7-21-39)58(61-63-62-60(59,2)52-33-18-30-47-43-27-13-12-26-42(43)38-50(47)52)57-46(41-24-10-5-11-25-41)37-36-45(40-22-8-4-9-23-40)56(57)49-31-19-35-54-55(49)48-29-15-17-34-53(48)64-54/h3-37H,38H2,1-2H3. The fourth-order valence-electron chi connectivity index (χ4n) is 10.8. The molecule has 9 aromatic carbocycles. The van der Waals surface area contributed by atoms with Gasteiger partial charge in [0.2, 0.25) is 0 Å². The van der Waals surface area contributed by atoms with Crippen molar-refractivity contribution in [1.82, 2.24) is 0 Å². The molecule has 0 radical (unpaired) electrons. The van der Waals surface area contributed by atoms with Crippen LogP contribution in [0.4, 0.5) is 0 Å². The molecule has 64 heavy (non-hydrogen) atoms. The van der Waals surface area contributed by atoms with Gasteiger partial charge in [-0.3, -0.25) is 0 Å². The van der Waals surface area contributed by atoms with Gasteiger partial charge in [-0.15, -0.1) is 0 Å². The maximum atomic E-state index is 5.44. The normalized spacial score (nSPS) is 17.6. The van der Waals surface area contributed by atoms with E-state index in [0.29, 0.717) is 0 Å². The van der Waals surface area contributed by atoms with Crippen molar-refractivity contribution < 1.29 is 0 Å². The first-order valence-corrected chi connectivity index (χ1v) is 23.8. The van der Waals surface area contributed by atoms with Gasteiger partial charge in [0, 0.05) is 0 Å².